The van der Waals surface area contributed by atoms with Gasteiger partial charge in [-0.2, -0.15) is 13.5 Å². The first-order chi connectivity index (χ1) is 6.88. The fourth-order valence-electron chi connectivity index (χ4n) is 1.81. The molecule has 1 unspecified atom stereocenters. The maximum Gasteiger partial charge on any atom is 0.418 e. The van der Waals surface area contributed by atoms with Crippen molar-refractivity contribution in [3.63, 3.8) is 0 Å². The zero-order valence-corrected chi connectivity index (χ0v) is 8.42. The lowest BCUT2D eigenvalue weighted by atomic mass is 10.1. The summed E-state index contributed by atoms with van der Waals surface area (Å²) >= 11 is 0. The standard InChI is InChI=1S/C6H10N2O6S/c9-5-2-1-4-3-7(5)6(10)8(4)14-15(11,12)13/h4-5,9H,1-3H2,(H,11,12,13)/t4?,5-/m1/s1. The molecule has 8 nitrogen and oxygen atoms in total. The first-order valence-electron chi connectivity index (χ1n) is 4.33. The highest BCUT2D eigenvalue weighted by Crippen LogP contribution is 2.29. The molecule has 0 spiro atoms. The zero-order valence-electron chi connectivity index (χ0n) is 7.61. The van der Waals surface area contributed by atoms with Crippen LogP contribution in [0.1, 0.15) is 12.8 Å². The molecule has 2 amide bonds. The third-order valence-corrected chi connectivity index (χ3v) is 2.81. The fraction of sp³-hybridized carbons (Fsp3) is 0.833. The van der Waals surface area contributed by atoms with Gasteiger partial charge in [-0.05, 0) is 12.8 Å². The van der Waals surface area contributed by atoms with Crippen molar-refractivity contribution in [1.29, 1.82) is 0 Å². The summed E-state index contributed by atoms with van der Waals surface area (Å²) in [5.41, 5.74) is 0. The number of carbonyl (C=O) groups excluding carboxylic acids is 1. The molecule has 0 saturated carbocycles. The second-order valence-corrected chi connectivity index (χ2v) is 4.48. The van der Waals surface area contributed by atoms with Gasteiger partial charge in [-0.15, -0.1) is 4.28 Å². The summed E-state index contributed by atoms with van der Waals surface area (Å²) in [5.74, 6) is 0. The number of aliphatic hydroxyl groups is 1. The number of amides is 2. The quantitative estimate of drug-likeness (QED) is 0.594. The number of carbonyl (C=O) groups is 1. The van der Waals surface area contributed by atoms with Crippen molar-refractivity contribution in [2.24, 2.45) is 0 Å². The van der Waals surface area contributed by atoms with E-state index in [-0.39, 0.29) is 6.54 Å². The average Bonchev–Trinajstić information content (AvgIpc) is 2.35. The van der Waals surface area contributed by atoms with Crippen molar-refractivity contribution < 1.29 is 27.2 Å². The molecule has 2 rings (SSSR count). The number of aliphatic hydroxyl groups excluding tert-OH is 1. The van der Waals surface area contributed by atoms with Gasteiger partial charge in [0, 0.05) is 6.54 Å². The Labute approximate surface area is 85.9 Å². The molecule has 2 fully saturated rings. The summed E-state index contributed by atoms with van der Waals surface area (Å²) in [4.78, 5) is 12.6. The zero-order chi connectivity index (χ0) is 11.2. The molecule has 0 aliphatic carbocycles. The van der Waals surface area contributed by atoms with E-state index in [9.17, 15) is 18.3 Å². The second-order valence-electron chi connectivity index (χ2n) is 3.47. The van der Waals surface area contributed by atoms with Gasteiger partial charge in [-0.3, -0.25) is 9.45 Å². The predicted octanol–water partition coefficient (Wildman–Crippen LogP) is -1.06. The van der Waals surface area contributed by atoms with E-state index >= 15 is 0 Å². The maximum atomic E-state index is 11.5. The van der Waals surface area contributed by atoms with E-state index in [0.717, 1.165) is 4.90 Å². The molecule has 2 aliphatic heterocycles. The summed E-state index contributed by atoms with van der Waals surface area (Å²) in [5, 5.41) is 9.98. The lowest BCUT2D eigenvalue weighted by molar-refractivity contribution is -0.0327. The predicted molar refractivity (Wildman–Crippen MR) is 45.6 cm³/mol. The van der Waals surface area contributed by atoms with E-state index < -0.39 is 28.7 Å². The molecule has 0 aromatic rings. The number of piperidine rings is 1. The van der Waals surface area contributed by atoms with Gasteiger partial charge in [0.1, 0.15) is 6.23 Å². The highest BCUT2D eigenvalue weighted by atomic mass is 32.3. The minimum Gasteiger partial charge on any atom is -0.373 e. The van der Waals surface area contributed by atoms with Crippen LogP contribution < -0.4 is 0 Å². The Morgan fingerprint density at radius 3 is 2.60 bits per heavy atom. The Balaban J connectivity index is 2.18. The van der Waals surface area contributed by atoms with Gasteiger partial charge in [0.05, 0.1) is 6.04 Å². The monoisotopic (exact) mass is 238 g/mol. The van der Waals surface area contributed by atoms with Crippen LogP contribution in [0.3, 0.4) is 0 Å². The van der Waals surface area contributed by atoms with E-state index in [1.807, 2.05) is 0 Å². The smallest absolute Gasteiger partial charge is 0.373 e. The SMILES string of the molecule is O=C1N(OS(=O)(=O)O)C2CC[C@@H](O)N1C2. The lowest BCUT2D eigenvalue weighted by Gasteiger charge is -2.25. The topological polar surface area (TPSA) is 107 Å². The summed E-state index contributed by atoms with van der Waals surface area (Å²) in [7, 11) is -4.70. The van der Waals surface area contributed by atoms with Crippen molar-refractivity contribution in [3.05, 3.63) is 0 Å². The Morgan fingerprint density at radius 2 is 2.07 bits per heavy atom. The summed E-state index contributed by atoms with van der Waals surface area (Å²) in [6.45, 7) is 0.204. The van der Waals surface area contributed by atoms with Gasteiger partial charge in [0.15, 0.2) is 0 Å². The minimum atomic E-state index is -4.70. The number of nitrogens with zero attached hydrogens (tertiary/aromatic N) is 2. The molecule has 9 heteroatoms. The average molecular weight is 238 g/mol. The van der Waals surface area contributed by atoms with Crippen LogP contribution in [0.2, 0.25) is 0 Å². The molecule has 2 bridgehead atoms. The molecule has 2 aliphatic rings. The Bertz CT molecular complexity index is 381. The molecular weight excluding hydrogens is 228 g/mol. The van der Waals surface area contributed by atoms with Crippen LogP contribution in [0.4, 0.5) is 4.79 Å². The van der Waals surface area contributed by atoms with Gasteiger partial charge in [-0.25, -0.2) is 4.79 Å². The van der Waals surface area contributed by atoms with Crippen LogP contribution in [-0.4, -0.2) is 52.9 Å². The van der Waals surface area contributed by atoms with Crippen LogP contribution in [0.15, 0.2) is 0 Å². The van der Waals surface area contributed by atoms with Crippen molar-refractivity contribution in [2.75, 3.05) is 6.54 Å². The van der Waals surface area contributed by atoms with Gasteiger partial charge in [-0.1, -0.05) is 0 Å². The van der Waals surface area contributed by atoms with E-state index in [0.29, 0.717) is 17.9 Å². The van der Waals surface area contributed by atoms with E-state index in [1.165, 1.54) is 0 Å². The van der Waals surface area contributed by atoms with Gasteiger partial charge in [0.25, 0.3) is 0 Å². The minimum absolute atomic E-state index is 0.204. The Kier molecular flexibility index (Phi) is 2.34. The molecule has 2 heterocycles. The third-order valence-electron chi connectivity index (χ3n) is 2.47. The first-order valence-corrected chi connectivity index (χ1v) is 5.70. The van der Waals surface area contributed by atoms with Crippen LogP contribution in [0.5, 0.6) is 0 Å². The Morgan fingerprint density at radius 1 is 1.40 bits per heavy atom. The fourth-order valence-corrected chi connectivity index (χ4v) is 2.20. The molecule has 2 N–H and O–H groups in total. The largest absolute Gasteiger partial charge is 0.418 e. The number of urea groups is 1. The number of hydrogen-bond acceptors (Lipinski definition) is 5. The van der Waals surface area contributed by atoms with Gasteiger partial charge >= 0.3 is 16.4 Å². The number of hydrogen-bond donors (Lipinski definition) is 2. The lowest BCUT2D eigenvalue weighted by Crippen LogP contribution is -2.39. The second kappa shape index (κ2) is 3.30. The van der Waals surface area contributed by atoms with Crippen molar-refractivity contribution in [1.82, 2.24) is 9.96 Å². The number of fused-ring (bicyclic) bond motifs is 2. The molecule has 0 aromatic carbocycles. The normalized spacial score (nSPS) is 31.2. The number of hydroxylamine groups is 2. The molecule has 2 atom stereocenters. The van der Waals surface area contributed by atoms with Crippen molar-refractivity contribution in [2.45, 2.75) is 25.1 Å². The maximum absolute atomic E-state index is 11.5. The van der Waals surface area contributed by atoms with Crippen LogP contribution in [0.25, 0.3) is 0 Å². The van der Waals surface area contributed by atoms with Gasteiger partial charge < -0.3 is 5.11 Å². The summed E-state index contributed by atoms with van der Waals surface area (Å²) in [6, 6.07) is -1.19. The van der Waals surface area contributed by atoms with E-state index in [4.69, 9.17) is 4.55 Å². The van der Waals surface area contributed by atoms with E-state index in [1.54, 1.807) is 0 Å². The van der Waals surface area contributed by atoms with Crippen LogP contribution in [0, 0.1) is 0 Å². The highest BCUT2D eigenvalue weighted by Gasteiger charge is 2.46. The van der Waals surface area contributed by atoms with Crippen molar-refractivity contribution >= 4 is 16.4 Å². The highest BCUT2D eigenvalue weighted by molar-refractivity contribution is 7.80. The molecule has 2 saturated heterocycles. The summed E-state index contributed by atoms with van der Waals surface area (Å²) < 4.78 is 33.5. The Hall–Kier alpha value is -0.900. The molecule has 0 aromatic heterocycles. The molecular formula is C6H10N2O6S. The first kappa shape index (κ1) is 10.6. The molecule has 15 heavy (non-hydrogen) atoms. The molecule has 86 valence electrons. The van der Waals surface area contributed by atoms with Crippen LogP contribution in [-0.2, 0) is 14.7 Å². The van der Waals surface area contributed by atoms with Crippen LogP contribution >= 0.6 is 0 Å². The molecule has 0 radical (unpaired) electrons. The van der Waals surface area contributed by atoms with Crippen molar-refractivity contribution in [3.8, 4) is 0 Å². The number of rotatable bonds is 2. The van der Waals surface area contributed by atoms with E-state index in [2.05, 4.69) is 4.28 Å². The van der Waals surface area contributed by atoms with Gasteiger partial charge in [0.2, 0.25) is 0 Å². The summed E-state index contributed by atoms with van der Waals surface area (Å²) in [6.07, 6.45) is -0.121. The third kappa shape index (κ3) is 1.91.